The quantitative estimate of drug-likeness (QED) is 0.766. The second-order valence-electron chi connectivity index (χ2n) is 2.00. The summed E-state index contributed by atoms with van der Waals surface area (Å²) >= 11 is 21.8. The molecule has 0 saturated heterocycles. The Labute approximate surface area is 84.4 Å². The molecule has 0 aliphatic heterocycles. The molecule has 0 amide bonds. The molecule has 1 atom stereocenters. The van der Waals surface area contributed by atoms with E-state index >= 15 is 0 Å². The second-order valence-corrected chi connectivity index (χ2v) is 4.43. The summed E-state index contributed by atoms with van der Waals surface area (Å²) in [4.78, 5) is 10.2. The lowest BCUT2D eigenvalue weighted by Gasteiger charge is -2.16. The van der Waals surface area contributed by atoms with Crippen molar-refractivity contribution in [1.82, 2.24) is 0 Å². The van der Waals surface area contributed by atoms with E-state index in [4.69, 9.17) is 51.5 Å². The Balaban J connectivity index is 3.93. The van der Waals surface area contributed by atoms with Crippen molar-refractivity contribution in [2.75, 3.05) is 5.88 Å². The zero-order chi connectivity index (χ0) is 9.07. The molecule has 2 nitrogen and oxygen atoms in total. The lowest BCUT2D eigenvalue weighted by atomic mass is 10.2. The van der Waals surface area contributed by atoms with Crippen LogP contribution in [0.5, 0.6) is 0 Å². The number of carboxylic acid groups (broad SMARTS) is 1. The number of aliphatic carboxylic acids is 1. The Morgan fingerprint density at radius 3 is 2.27 bits per heavy atom. The van der Waals surface area contributed by atoms with Gasteiger partial charge in [0.25, 0.3) is 0 Å². The zero-order valence-electron chi connectivity index (χ0n) is 5.36. The fourth-order valence-corrected chi connectivity index (χ4v) is 1.24. The van der Waals surface area contributed by atoms with Crippen LogP contribution in [0.15, 0.2) is 0 Å². The lowest BCUT2D eigenvalue weighted by Crippen LogP contribution is -2.25. The van der Waals surface area contributed by atoms with E-state index in [0.29, 0.717) is 0 Å². The van der Waals surface area contributed by atoms with Crippen LogP contribution in [0.25, 0.3) is 0 Å². The standard InChI is InChI=1S/C5H6Cl4O2/c6-2-5(8,9)1-3(7)4(10)11/h3H,1-2H2,(H,10,11). The Kier molecular flexibility index (Phi) is 4.87. The summed E-state index contributed by atoms with van der Waals surface area (Å²) in [6.45, 7) is 0. The van der Waals surface area contributed by atoms with E-state index in [2.05, 4.69) is 0 Å². The molecule has 0 aliphatic rings. The molecule has 6 heteroatoms. The van der Waals surface area contributed by atoms with E-state index in [1.807, 2.05) is 0 Å². The first-order chi connectivity index (χ1) is 4.89. The third-order valence-corrected chi connectivity index (χ3v) is 2.59. The van der Waals surface area contributed by atoms with Crippen molar-refractivity contribution in [1.29, 1.82) is 0 Å². The third kappa shape index (κ3) is 4.96. The highest BCUT2D eigenvalue weighted by molar-refractivity contribution is 6.52. The largest absolute Gasteiger partial charge is 0.480 e. The summed E-state index contributed by atoms with van der Waals surface area (Å²) in [7, 11) is 0. The Morgan fingerprint density at radius 1 is 1.55 bits per heavy atom. The van der Waals surface area contributed by atoms with Gasteiger partial charge in [0.15, 0.2) is 0 Å². The first-order valence-electron chi connectivity index (χ1n) is 2.70. The number of hydrogen-bond donors (Lipinski definition) is 1. The smallest absolute Gasteiger partial charge is 0.321 e. The summed E-state index contributed by atoms with van der Waals surface area (Å²) in [5.74, 6) is -1.20. The van der Waals surface area contributed by atoms with Gasteiger partial charge < -0.3 is 5.11 Å². The number of hydrogen-bond acceptors (Lipinski definition) is 1. The van der Waals surface area contributed by atoms with Gasteiger partial charge in [-0.2, -0.15) is 0 Å². The Bertz CT molecular complexity index is 147. The van der Waals surface area contributed by atoms with E-state index in [0.717, 1.165) is 0 Å². The molecule has 1 N–H and O–H groups in total. The molecule has 0 fully saturated rings. The Morgan fingerprint density at radius 2 is 2.00 bits per heavy atom. The van der Waals surface area contributed by atoms with Gasteiger partial charge in [0, 0.05) is 6.42 Å². The fourth-order valence-electron chi connectivity index (χ4n) is 0.404. The summed E-state index contributed by atoms with van der Waals surface area (Å²) in [6.07, 6.45) is -0.0729. The molecule has 66 valence electrons. The molecule has 0 bridgehead atoms. The van der Waals surface area contributed by atoms with Gasteiger partial charge >= 0.3 is 5.97 Å². The van der Waals surface area contributed by atoms with E-state index < -0.39 is 15.7 Å². The van der Waals surface area contributed by atoms with Crippen molar-refractivity contribution in [3.05, 3.63) is 0 Å². The predicted octanol–water partition coefficient (Wildman–Crippen LogP) is 2.48. The molecule has 0 rings (SSSR count). The van der Waals surface area contributed by atoms with Crippen LogP contribution in [0.3, 0.4) is 0 Å². The Hall–Kier alpha value is 0.630. The van der Waals surface area contributed by atoms with Gasteiger partial charge in [-0.25, -0.2) is 0 Å². The molecule has 0 aromatic carbocycles. The van der Waals surface area contributed by atoms with Crippen molar-refractivity contribution in [2.45, 2.75) is 16.1 Å². The molecule has 0 aromatic rings. The van der Waals surface area contributed by atoms with Gasteiger partial charge in [0.2, 0.25) is 0 Å². The minimum atomic E-state index is -1.26. The van der Waals surface area contributed by atoms with Crippen molar-refractivity contribution in [3.63, 3.8) is 0 Å². The first kappa shape index (κ1) is 11.6. The summed E-state index contributed by atoms with van der Waals surface area (Å²) < 4.78 is -1.26. The molecular formula is C5H6Cl4O2. The average molecular weight is 240 g/mol. The lowest BCUT2D eigenvalue weighted by molar-refractivity contribution is -0.136. The maximum absolute atomic E-state index is 10.2. The molecule has 0 aliphatic carbocycles. The van der Waals surface area contributed by atoms with Crippen molar-refractivity contribution >= 4 is 52.4 Å². The molecular weight excluding hydrogens is 234 g/mol. The monoisotopic (exact) mass is 238 g/mol. The number of alkyl halides is 4. The van der Waals surface area contributed by atoms with Crippen LogP contribution < -0.4 is 0 Å². The van der Waals surface area contributed by atoms with Crippen LogP contribution in [-0.2, 0) is 4.79 Å². The highest BCUT2D eigenvalue weighted by Gasteiger charge is 2.29. The minimum absolute atomic E-state index is 0.0490. The molecule has 0 aromatic heterocycles. The molecule has 0 spiro atoms. The summed E-state index contributed by atoms with van der Waals surface area (Å²) in [5, 5.41) is 7.25. The molecule has 11 heavy (non-hydrogen) atoms. The summed E-state index contributed by atoms with van der Waals surface area (Å²) in [5.41, 5.74) is 0. The topological polar surface area (TPSA) is 37.3 Å². The van der Waals surface area contributed by atoms with Crippen molar-refractivity contribution in [3.8, 4) is 0 Å². The summed E-state index contributed by atoms with van der Waals surface area (Å²) in [6, 6.07) is 0. The van der Waals surface area contributed by atoms with Gasteiger partial charge in [0.05, 0.1) is 5.88 Å². The molecule has 1 unspecified atom stereocenters. The van der Waals surface area contributed by atoms with Crippen molar-refractivity contribution in [2.24, 2.45) is 0 Å². The van der Waals surface area contributed by atoms with Crippen molar-refractivity contribution < 1.29 is 9.90 Å². The zero-order valence-corrected chi connectivity index (χ0v) is 8.38. The van der Waals surface area contributed by atoms with E-state index in [-0.39, 0.29) is 12.3 Å². The maximum Gasteiger partial charge on any atom is 0.321 e. The second kappa shape index (κ2) is 4.61. The predicted molar refractivity (Wildman–Crippen MR) is 47.1 cm³/mol. The SMILES string of the molecule is O=C(O)C(Cl)CC(Cl)(Cl)CCl. The maximum atomic E-state index is 10.2. The van der Waals surface area contributed by atoms with E-state index in [1.54, 1.807) is 0 Å². The fraction of sp³-hybridized carbons (Fsp3) is 0.800. The number of carbonyl (C=O) groups is 1. The highest BCUT2D eigenvalue weighted by Crippen LogP contribution is 2.29. The van der Waals surface area contributed by atoms with Crippen LogP contribution in [0.1, 0.15) is 6.42 Å². The van der Waals surface area contributed by atoms with Gasteiger partial charge in [-0.05, 0) is 0 Å². The molecule has 0 saturated carbocycles. The van der Waals surface area contributed by atoms with E-state index in [1.165, 1.54) is 0 Å². The number of carboxylic acids is 1. The van der Waals surface area contributed by atoms with E-state index in [9.17, 15) is 4.79 Å². The van der Waals surface area contributed by atoms with Crippen LogP contribution >= 0.6 is 46.4 Å². The van der Waals surface area contributed by atoms with Gasteiger partial charge in [-0.3, -0.25) is 4.79 Å². The average Bonchev–Trinajstić information content (AvgIpc) is 1.87. The number of halogens is 4. The molecule has 0 heterocycles. The van der Waals surface area contributed by atoms with Gasteiger partial charge in [0.1, 0.15) is 9.71 Å². The van der Waals surface area contributed by atoms with Crippen LogP contribution in [0.2, 0.25) is 0 Å². The third-order valence-electron chi connectivity index (χ3n) is 0.941. The first-order valence-corrected chi connectivity index (χ1v) is 4.42. The number of rotatable bonds is 4. The van der Waals surface area contributed by atoms with Crippen LogP contribution in [0, 0.1) is 0 Å². The van der Waals surface area contributed by atoms with Crippen LogP contribution in [-0.4, -0.2) is 26.7 Å². The highest BCUT2D eigenvalue weighted by atomic mass is 35.5. The molecule has 0 radical (unpaired) electrons. The van der Waals surface area contributed by atoms with Gasteiger partial charge in [-0.1, -0.05) is 0 Å². The normalized spacial score (nSPS) is 14.5. The van der Waals surface area contributed by atoms with Gasteiger partial charge in [-0.15, -0.1) is 46.4 Å². The van der Waals surface area contributed by atoms with Crippen LogP contribution in [0.4, 0.5) is 0 Å². The minimum Gasteiger partial charge on any atom is -0.480 e.